The van der Waals surface area contributed by atoms with E-state index in [2.05, 4.69) is 10.6 Å². The molecule has 5 nitrogen and oxygen atoms in total. The molecule has 0 saturated heterocycles. The summed E-state index contributed by atoms with van der Waals surface area (Å²) in [5.74, 6) is -0.163. The SMILES string of the molecule is NCC1CCn2c(c(N3C(=O)C=C(c4csc5ccccc45)C3=O)c3ccccc32)C1. The topological polar surface area (TPSA) is 68.3 Å². The maximum absolute atomic E-state index is 13.6. The summed E-state index contributed by atoms with van der Waals surface area (Å²) in [7, 11) is 0. The number of carbonyl (C=O) groups is 2. The molecular weight excluding hydrogens is 406 g/mol. The minimum atomic E-state index is -0.274. The number of fused-ring (bicyclic) bond motifs is 4. The van der Waals surface area contributed by atoms with Crippen molar-refractivity contribution in [2.75, 3.05) is 11.4 Å². The molecule has 0 bridgehead atoms. The number of nitrogens with zero attached hydrogens (tertiary/aromatic N) is 2. The van der Waals surface area contributed by atoms with E-state index in [0.717, 1.165) is 57.3 Å². The van der Waals surface area contributed by atoms with Crippen LogP contribution in [0.3, 0.4) is 0 Å². The van der Waals surface area contributed by atoms with Gasteiger partial charge in [0.1, 0.15) is 0 Å². The molecule has 0 radical (unpaired) electrons. The van der Waals surface area contributed by atoms with Crippen molar-refractivity contribution in [3.8, 4) is 0 Å². The van der Waals surface area contributed by atoms with E-state index in [1.165, 1.54) is 11.0 Å². The van der Waals surface area contributed by atoms with Gasteiger partial charge < -0.3 is 10.3 Å². The van der Waals surface area contributed by atoms with Crippen molar-refractivity contribution in [1.29, 1.82) is 0 Å². The van der Waals surface area contributed by atoms with Crippen molar-refractivity contribution in [1.82, 2.24) is 4.57 Å². The highest BCUT2D eigenvalue weighted by molar-refractivity contribution is 7.17. The summed E-state index contributed by atoms with van der Waals surface area (Å²) in [4.78, 5) is 28.2. The lowest BCUT2D eigenvalue weighted by Crippen LogP contribution is -2.33. The molecule has 2 N–H and O–H groups in total. The Hall–Kier alpha value is -3.22. The van der Waals surface area contributed by atoms with E-state index >= 15 is 0 Å². The number of anilines is 1. The summed E-state index contributed by atoms with van der Waals surface area (Å²) in [5.41, 5.74) is 10.1. The largest absolute Gasteiger partial charge is 0.343 e. The molecule has 6 rings (SSSR count). The van der Waals surface area contributed by atoms with Gasteiger partial charge in [0.05, 0.1) is 16.8 Å². The minimum absolute atomic E-state index is 0.248. The molecule has 154 valence electrons. The number of hydrogen-bond donors (Lipinski definition) is 1. The number of carbonyl (C=O) groups excluding carboxylic acids is 2. The molecule has 6 heteroatoms. The molecule has 2 aliphatic rings. The summed E-state index contributed by atoms with van der Waals surface area (Å²) in [5, 5.41) is 3.93. The first-order chi connectivity index (χ1) is 15.2. The van der Waals surface area contributed by atoms with Crippen molar-refractivity contribution < 1.29 is 9.59 Å². The van der Waals surface area contributed by atoms with Crippen molar-refractivity contribution in [3.63, 3.8) is 0 Å². The molecular formula is C25H21N3O2S. The fourth-order valence-corrected chi connectivity index (χ4v) is 5.96. The van der Waals surface area contributed by atoms with E-state index in [4.69, 9.17) is 5.73 Å². The molecule has 4 aromatic rings. The zero-order chi connectivity index (χ0) is 21.1. The average Bonchev–Trinajstić information content (AvgIpc) is 3.45. The molecule has 1 atom stereocenters. The Morgan fingerprint density at radius 3 is 2.65 bits per heavy atom. The third-order valence-corrected chi connectivity index (χ3v) is 7.51. The summed E-state index contributed by atoms with van der Waals surface area (Å²) < 4.78 is 3.37. The van der Waals surface area contributed by atoms with Crippen molar-refractivity contribution in [2.24, 2.45) is 11.7 Å². The first-order valence-electron chi connectivity index (χ1n) is 10.5. The maximum atomic E-state index is 13.6. The van der Waals surface area contributed by atoms with Gasteiger partial charge in [0.2, 0.25) is 0 Å². The molecule has 2 aliphatic heterocycles. The van der Waals surface area contributed by atoms with Crippen LogP contribution in [0.4, 0.5) is 5.69 Å². The third-order valence-electron chi connectivity index (χ3n) is 6.54. The first kappa shape index (κ1) is 18.5. The average molecular weight is 428 g/mol. The van der Waals surface area contributed by atoms with Gasteiger partial charge in [-0.2, -0.15) is 0 Å². The number of amides is 2. The molecule has 0 saturated carbocycles. The van der Waals surface area contributed by atoms with Crippen LogP contribution in [0.1, 0.15) is 17.7 Å². The van der Waals surface area contributed by atoms with Gasteiger partial charge in [0.15, 0.2) is 0 Å². The van der Waals surface area contributed by atoms with Gasteiger partial charge in [0.25, 0.3) is 11.8 Å². The second-order valence-corrected chi connectivity index (χ2v) is 9.15. The van der Waals surface area contributed by atoms with Gasteiger partial charge in [-0.3, -0.25) is 9.59 Å². The summed E-state index contributed by atoms with van der Waals surface area (Å²) >= 11 is 1.59. The van der Waals surface area contributed by atoms with Crippen molar-refractivity contribution in [2.45, 2.75) is 19.4 Å². The second kappa shape index (κ2) is 6.90. The third kappa shape index (κ3) is 2.65. The van der Waals surface area contributed by atoms with Crippen LogP contribution in [0.5, 0.6) is 0 Å². The molecule has 4 heterocycles. The Morgan fingerprint density at radius 1 is 1.03 bits per heavy atom. The Labute approximate surface area is 183 Å². The number of aromatic nitrogens is 1. The smallest absolute Gasteiger partial charge is 0.266 e. The fraction of sp³-hybridized carbons (Fsp3) is 0.200. The normalized spacial score (nSPS) is 18.8. The number of rotatable bonds is 3. The highest BCUT2D eigenvalue weighted by Crippen LogP contribution is 2.42. The molecule has 1 unspecified atom stereocenters. The van der Waals surface area contributed by atoms with E-state index in [1.54, 1.807) is 11.3 Å². The molecule has 0 spiro atoms. The lowest BCUT2D eigenvalue weighted by molar-refractivity contribution is -0.119. The molecule has 31 heavy (non-hydrogen) atoms. The van der Waals surface area contributed by atoms with Crippen LogP contribution < -0.4 is 10.6 Å². The van der Waals surface area contributed by atoms with Gasteiger partial charge in [-0.1, -0.05) is 36.4 Å². The number of nitrogens with two attached hydrogens (primary N) is 1. The minimum Gasteiger partial charge on any atom is -0.343 e. The molecule has 0 aliphatic carbocycles. The number of aryl methyl sites for hydroxylation is 1. The van der Waals surface area contributed by atoms with E-state index in [9.17, 15) is 9.59 Å². The Morgan fingerprint density at radius 2 is 1.81 bits per heavy atom. The number of hydrogen-bond acceptors (Lipinski definition) is 4. The van der Waals surface area contributed by atoms with Crippen LogP contribution in [-0.2, 0) is 22.6 Å². The quantitative estimate of drug-likeness (QED) is 0.495. The predicted molar refractivity (Wildman–Crippen MR) is 125 cm³/mol. The van der Waals surface area contributed by atoms with Crippen LogP contribution in [0.2, 0.25) is 0 Å². The Balaban J connectivity index is 1.51. The second-order valence-electron chi connectivity index (χ2n) is 8.24. The van der Waals surface area contributed by atoms with Gasteiger partial charge in [-0.15, -0.1) is 11.3 Å². The van der Waals surface area contributed by atoms with Crippen molar-refractivity contribution in [3.05, 3.63) is 71.2 Å². The molecule has 2 amide bonds. The monoisotopic (exact) mass is 427 g/mol. The van der Waals surface area contributed by atoms with E-state index < -0.39 is 0 Å². The summed E-state index contributed by atoms with van der Waals surface area (Å²) in [6.45, 7) is 1.45. The molecule has 0 fully saturated rings. The van der Waals surface area contributed by atoms with E-state index in [-0.39, 0.29) is 11.8 Å². The standard InChI is InChI=1S/C25H21N3O2S/c26-13-15-9-10-27-20-7-3-1-6-17(20)24(21(27)11-15)28-23(29)12-18(25(28)30)19-14-31-22-8-4-2-5-16(19)22/h1-8,12,14-15H,9-11,13,26H2. The van der Waals surface area contributed by atoms with Gasteiger partial charge in [0, 0.05) is 44.7 Å². The summed E-state index contributed by atoms with van der Waals surface area (Å²) in [6, 6.07) is 16.0. The summed E-state index contributed by atoms with van der Waals surface area (Å²) in [6.07, 6.45) is 3.28. The molecule has 2 aromatic carbocycles. The van der Waals surface area contributed by atoms with Gasteiger partial charge >= 0.3 is 0 Å². The van der Waals surface area contributed by atoms with Crippen LogP contribution in [-0.4, -0.2) is 22.9 Å². The highest BCUT2D eigenvalue weighted by atomic mass is 32.1. The first-order valence-corrected chi connectivity index (χ1v) is 11.4. The fourth-order valence-electron chi connectivity index (χ4n) is 5.00. The van der Waals surface area contributed by atoms with E-state index in [1.807, 2.05) is 47.8 Å². The predicted octanol–water partition coefficient (Wildman–Crippen LogP) is 4.33. The van der Waals surface area contributed by atoms with Gasteiger partial charge in [-0.05, 0) is 37.4 Å². The van der Waals surface area contributed by atoms with Crippen LogP contribution in [0, 0.1) is 5.92 Å². The van der Waals surface area contributed by atoms with Crippen LogP contribution >= 0.6 is 11.3 Å². The number of para-hydroxylation sites is 1. The van der Waals surface area contributed by atoms with E-state index in [0.29, 0.717) is 18.0 Å². The van der Waals surface area contributed by atoms with Gasteiger partial charge in [-0.25, -0.2) is 4.90 Å². The zero-order valence-corrected chi connectivity index (χ0v) is 17.7. The Kier molecular flexibility index (Phi) is 4.13. The zero-order valence-electron chi connectivity index (χ0n) is 16.9. The van der Waals surface area contributed by atoms with Crippen LogP contribution in [0.15, 0.2) is 60.0 Å². The van der Waals surface area contributed by atoms with Crippen LogP contribution in [0.25, 0.3) is 26.6 Å². The molecule has 2 aromatic heterocycles. The highest BCUT2D eigenvalue weighted by Gasteiger charge is 2.38. The lowest BCUT2D eigenvalue weighted by atomic mass is 9.95. The lowest BCUT2D eigenvalue weighted by Gasteiger charge is -2.26. The van der Waals surface area contributed by atoms with Crippen molar-refractivity contribution >= 4 is 55.4 Å². The number of benzene rings is 2. The number of imide groups is 1. The Bertz CT molecular complexity index is 1410. The number of thiophene rings is 1. The maximum Gasteiger partial charge on any atom is 0.266 e.